The van der Waals surface area contributed by atoms with Gasteiger partial charge in [0.2, 0.25) is 10.0 Å². The smallest absolute Gasteiger partial charge is 0.217 e. The highest BCUT2D eigenvalue weighted by Gasteiger charge is 2.54. The van der Waals surface area contributed by atoms with Gasteiger partial charge < -0.3 is 10.7 Å². The fourth-order valence-corrected chi connectivity index (χ4v) is 5.75. The van der Waals surface area contributed by atoms with Crippen LogP contribution >= 0.6 is 0 Å². The lowest BCUT2D eigenvalue weighted by atomic mass is 9.89. The molecule has 0 radical (unpaired) electrons. The van der Waals surface area contributed by atoms with Crippen LogP contribution in [0.15, 0.2) is 24.8 Å². The summed E-state index contributed by atoms with van der Waals surface area (Å²) in [5.41, 5.74) is 7.42. The summed E-state index contributed by atoms with van der Waals surface area (Å²) >= 11 is 0. The standard InChI is InChI=1S/C17H18N8O2S/c18-5-4-17(8-24(9-17)28(26,27)11-1-2-11)25-7-13(15(19)23-25)14-12-3-6-20-16(12)22-10-21-14/h3,6-7,10-11H,1-2,4,8-9H2,(H2,19,23)(H,20,21,22). The van der Waals surface area contributed by atoms with E-state index in [1.165, 1.54) is 10.6 Å². The van der Waals surface area contributed by atoms with Crippen molar-refractivity contribution in [1.29, 1.82) is 5.26 Å². The first kappa shape index (κ1) is 17.2. The van der Waals surface area contributed by atoms with Gasteiger partial charge in [0.25, 0.3) is 0 Å². The van der Waals surface area contributed by atoms with Gasteiger partial charge in [0.1, 0.15) is 17.5 Å². The second-order valence-electron chi connectivity index (χ2n) is 7.41. The molecule has 28 heavy (non-hydrogen) atoms. The highest BCUT2D eigenvalue weighted by molar-refractivity contribution is 7.90. The molecule has 0 atom stereocenters. The molecule has 1 saturated heterocycles. The number of H-pyrrole nitrogens is 1. The first-order valence-corrected chi connectivity index (χ1v) is 10.4. The summed E-state index contributed by atoms with van der Waals surface area (Å²) in [4.78, 5) is 11.6. The van der Waals surface area contributed by atoms with Crippen molar-refractivity contribution in [3.63, 3.8) is 0 Å². The molecule has 2 aliphatic rings. The normalized spacial score (nSPS) is 19.4. The molecular formula is C17H18N8O2S. The molecule has 3 aromatic rings. The summed E-state index contributed by atoms with van der Waals surface area (Å²) in [5.74, 6) is 0.280. The van der Waals surface area contributed by atoms with E-state index in [-0.39, 0.29) is 30.6 Å². The maximum atomic E-state index is 12.5. The summed E-state index contributed by atoms with van der Waals surface area (Å²) in [6.07, 6.45) is 6.54. The van der Waals surface area contributed by atoms with E-state index in [0.717, 1.165) is 5.39 Å². The lowest BCUT2D eigenvalue weighted by Gasteiger charge is -2.48. The summed E-state index contributed by atoms with van der Waals surface area (Å²) in [6, 6.07) is 4.03. The van der Waals surface area contributed by atoms with Crippen molar-refractivity contribution in [2.24, 2.45) is 0 Å². The zero-order valence-corrected chi connectivity index (χ0v) is 15.7. The molecule has 1 aliphatic carbocycles. The zero-order chi connectivity index (χ0) is 19.5. The molecule has 1 saturated carbocycles. The van der Waals surface area contributed by atoms with E-state index in [4.69, 9.17) is 5.73 Å². The molecule has 3 N–H and O–H groups in total. The van der Waals surface area contributed by atoms with Gasteiger partial charge >= 0.3 is 0 Å². The molecule has 3 aromatic heterocycles. The van der Waals surface area contributed by atoms with Crippen LogP contribution in [0.3, 0.4) is 0 Å². The molecule has 0 spiro atoms. The Labute approximate surface area is 161 Å². The molecule has 11 heteroatoms. The Morgan fingerprint density at radius 3 is 2.86 bits per heavy atom. The lowest BCUT2D eigenvalue weighted by Crippen LogP contribution is -2.64. The Balaban J connectivity index is 1.52. The second kappa shape index (κ2) is 5.76. The lowest BCUT2D eigenvalue weighted by molar-refractivity contribution is 0.0719. The molecule has 0 aromatic carbocycles. The van der Waals surface area contributed by atoms with E-state index in [2.05, 4.69) is 26.1 Å². The highest BCUT2D eigenvalue weighted by Crippen LogP contribution is 2.41. The van der Waals surface area contributed by atoms with Gasteiger partial charge in [-0.05, 0) is 18.9 Å². The van der Waals surface area contributed by atoms with Gasteiger partial charge in [-0.15, -0.1) is 0 Å². The van der Waals surface area contributed by atoms with Gasteiger partial charge in [0.15, 0.2) is 5.82 Å². The number of rotatable bonds is 5. The molecule has 2 fully saturated rings. The van der Waals surface area contributed by atoms with E-state index in [1.807, 2.05) is 6.07 Å². The first-order chi connectivity index (χ1) is 13.4. The van der Waals surface area contributed by atoms with Crippen molar-refractivity contribution >= 4 is 26.9 Å². The van der Waals surface area contributed by atoms with E-state index < -0.39 is 15.6 Å². The highest BCUT2D eigenvalue weighted by atomic mass is 32.2. The Morgan fingerprint density at radius 2 is 2.14 bits per heavy atom. The van der Waals surface area contributed by atoms with E-state index in [9.17, 15) is 13.7 Å². The molecule has 5 rings (SSSR count). The van der Waals surface area contributed by atoms with Crippen LogP contribution in [0.5, 0.6) is 0 Å². The SMILES string of the molecule is N#CCC1(n2cc(-c3ncnc4[nH]ccc34)c(N)n2)CN(S(=O)(=O)C2CC2)C1. The van der Waals surface area contributed by atoms with Crippen LogP contribution in [0.25, 0.3) is 22.3 Å². The van der Waals surface area contributed by atoms with Gasteiger partial charge in [-0.25, -0.2) is 18.4 Å². The fraction of sp³-hybridized carbons (Fsp3) is 0.412. The van der Waals surface area contributed by atoms with Gasteiger partial charge in [0.05, 0.1) is 29.0 Å². The van der Waals surface area contributed by atoms with Crippen molar-refractivity contribution in [3.8, 4) is 17.3 Å². The Hall–Kier alpha value is -2.97. The van der Waals surface area contributed by atoms with Crippen LogP contribution in [-0.4, -0.2) is 55.8 Å². The van der Waals surface area contributed by atoms with Gasteiger partial charge in [0, 0.05) is 30.9 Å². The minimum Gasteiger partial charge on any atom is -0.382 e. The van der Waals surface area contributed by atoms with Crippen LogP contribution in [0, 0.1) is 11.3 Å². The number of nitrogen functional groups attached to an aromatic ring is 1. The van der Waals surface area contributed by atoms with Crippen LogP contribution in [0.4, 0.5) is 5.82 Å². The number of hydrogen-bond donors (Lipinski definition) is 2. The predicted molar refractivity (Wildman–Crippen MR) is 101 cm³/mol. The van der Waals surface area contributed by atoms with Crippen LogP contribution < -0.4 is 5.73 Å². The monoisotopic (exact) mass is 398 g/mol. The minimum absolute atomic E-state index is 0.146. The van der Waals surface area contributed by atoms with Crippen molar-refractivity contribution in [3.05, 3.63) is 24.8 Å². The van der Waals surface area contributed by atoms with Crippen molar-refractivity contribution in [2.45, 2.75) is 30.1 Å². The van der Waals surface area contributed by atoms with Crippen molar-refractivity contribution in [2.75, 3.05) is 18.8 Å². The number of fused-ring (bicyclic) bond motifs is 1. The third-order valence-electron chi connectivity index (χ3n) is 5.49. The number of nitrogens with one attached hydrogen (secondary N) is 1. The Kier molecular flexibility index (Phi) is 3.53. The average Bonchev–Trinajstić information content (AvgIpc) is 3.28. The number of sulfonamides is 1. The summed E-state index contributed by atoms with van der Waals surface area (Å²) in [6.45, 7) is 0.451. The Bertz CT molecular complexity index is 1210. The number of nitrogens with zero attached hydrogens (tertiary/aromatic N) is 6. The number of aromatic nitrogens is 5. The van der Waals surface area contributed by atoms with Crippen molar-refractivity contribution in [1.82, 2.24) is 29.0 Å². The number of nitrogens with two attached hydrogens (primary N) is 1. The van der Waals surface area contributed by atoms with Gasteiger partial charge in [-0.1, -0.05) is 0 Å². The molecule has 1 aliphatic heterocycles. The topological polar surface area (TPSA) is 147 Å². The quantitative estimate of drug-likeness (QED) is 0.646. The van der Waals surface area contributed by atoms with Crippen LogP contribution in [-0.2, 0) is 15.6 Å². The average molecular weight is 398 g/mol. The first-order valence-electron chi connectivity index (χ1n) is 8.95. The van der Waals surface area contributed by atoms with E-state index in [0.29, 0.717) is 29.7 Å². The number of anilines is 1. The second-order valence-corrected chi connectivity index (χ2v) is 9.62. The number of nitriles is 1. The maximum absolute atomic E-state index is 12.5. The summed E-state index contributed by atoms with van der Waals surface area (Å²) < 4.78 is 28.0. The summed E-state index contributed by atoms with van der Waals surface area (Å²) in [7, 11) is -3.28. The summed E-state index contributed by atoms with van der Waals surface area (Å²) in [5, 5.41) is 14.3. The number of aromatic amines is 1. The molecule has 144 valence electrons. The maximum Gasteiger partial charge on any atom is 0.217 e. The molecular weight excluding hydrogens is 380 g/mol. The molecule has 0 amide bonds. The largest absolute Gasteiger partial charge is 0.382 e. The number of hydrogen-bond acceptors (Lipinski definition) is 7. The van der Waals surface area contributed by atoms with Crippen molar-refractivity contribution < 1.29 is 8.42 Å². The minimum atomic E-state index is -3.28. The Morgan fingerprint density at radius 1 is 1.36 bits per heavy atom. The molecule has 4 heterocycles. The molecule has 10 nitrogen and oxygen atoms in total. The third-order valence-corrected chi connectivity index (χ3v) is 7.78. The molecule has 0 unspecified atom stereocenters. The fourth-order valence-electron chi connectivity index (χ4n) is 3.75. The predicted octanol–water partition coefficient (Wildman–Crippen LogP) is 0.820. The van der Waals surface area contributed by atoms with E-state index in [1.54, 1.807) is 17.1 Å². The van der Waals surface area contributed by atoms with Gasteiger partial charge in [-0.2, -0.15) is 14.7 Å². The molecule has 0 bridgehead atoms. The van der Waals surface area contributed by atoms with Crippen LogP contribution in [0.1, 0.15) is 19.3 Å². The van der Waals surface area contributed by atoms with Crippen LogP contribution in [0.2, 0.25) is 0 Å². The van der Waals surface area contributed by atoms with Gasteiger partial charge in [-0.3, -0.25) is 4.68 Å². The van der Waals surface area contributed by atoms with E-state index >= 15 is 0 Å². The third kappa shape index (κ3) is 2.42. The zero-order valence-electron chi connectivity index (χ0n) is 14.9.